The van der Waals surface area contributed by atoms with Gasteiger partial charge < -0.3 is 14.7 Å². The molecule has 0 spiro atoms. The molecule has 0 unspecified atom stereocenters. The molecule has 1 amide bonds. The predicted octanol–water partition coefficient (Wildman–Crippen LogP) is 3.69. The van der Waals surface area contributed by atoms with Crippen LogP contribution in [0.25, 0.3) is 6.08 Å². The van der Waals surface area contributed by atoms with Crippen molar-refractivity contribution in [2.75, 3.05) is 25.2 Å². The first-order chi connectivity index (χ1) is 15.5. The summed E-state index contributed by atoms with van der Waals surface area (Å²) >= 11 is 0. The predicted molar refractivity (Wildman–Crippen MR) is 123 cm³/mol. The number of nitrogens with zero attached hydrogens (tertiary/aromatic N) is 2. The van der Waals surface area contributed by atoms with Crippen molar-refractivity contribution in [1.29, 1.82) is 0 Å². The fourth-order valence-electron chi connectivity index (χ4n) is 3.31. The summed E-state index contributed by atoms with van der Waals surface area (Å²) in [4.78, 5) is 26.8. The van der Waals surface area contributed by atoms with E-state index in [0.717, 1.165) is 6.20 Å². The number of rotatable bonds is 8. The number of esters is 1. The summed E-state index contributed by atoms with van der Waals surface area (Å²) in [5.74, 6) is -0.390. The van der Waals surface area contributed by atoms with E-state index < -0.39 is 11.9 Å². The van der Waals surface area contributed by atoms with Crippen LogP contribution < -0.4 is 9.64 Å². The highest BCUT2D eigenvalue weighted by Crippen LogP contribution is 2.29. The molecule has 0 saturated carbocycles. The van der Waals surface area contributed by atoms with Crippen LogP contribution in [0.15, 0.2) is 79.0 Å². The Morgan fingerprint density at radius 2 is 2.00 bits per heavy atom. The van der Waals surface area contributed by atoms with Crippen molar-refractivity contribution in [3.8, 4) is 5.75 Å². The number of carbonyl (C=O) groups is 2. The molecule has 32 heavy (non-hydrogen) atoms. The summed E-state index contributed by atoms with van der Waals surface area (Å²) < 4.78 is 10.8. The Bertz CT molecular complexity index is 1130. The van der Waals surface area contributed by atoms with Crippen LogP contribution in [-0.2, 0) is 14.3 Å². The number of amides is 1. The fraction of sp³-hybridized carbons (Fsp3) is 0.160. The van der Waals surface area contributed by atoms with Gasteiger partial charge >= 0.3 is 11.9 Å². The van der Waals surface area contributed by atoms with Crippen LogP contribution in [0.3, 0.4) is 0 Å². The standard InChI is InChI=1S/C25H24N2O5/c1-4-14-26-22-12-7-6-11-21(22)23(24(26)28)27(30)15-13-19(25(29)32-5-2)16-18-9-8-10-20(17-18)31-3/h4,6-13,15-17H,1,5,14H2,2-3H3/b15-13+,19-16+,27-23+. The van der Waals surface area contributed by atoms with Crippen molar-refractivity contribution in [3.05, 3.63) is 95.4 Å². The molecule has 1 aliphatic rings. The molecule has 0 aromatic heterocycles. The van der Waals surface area contributed by atoms with E-state index in [1.165, 1.54) is 11.0 Å². The fourth-order valence-corrected chi connectivity index (χ4v) is 3.31. The van der Waals surface area contributed by atoms with E-state index in [1.54, 1.807) is 74.7 Å². The lowest BCUT2D eigenvalue weighted by Crippen LogP contribution is -2.32. The van der Waals surface area contributed by atoms with Gasteiger partial charge in [-0.05, 0) is 42.8 Å². The summed E-state index contributed by atoms with van der Waals surface area (Å²) in [5.41, 5.74) is 1.99. The van der Waals surface area contributed by atoms with E-state index in [9.17, 15) is 14.8 Å². The third-order valence-electron chi connectivity index (χ3n) is 4.75. The normalized spacial score (nSPS) is 15.0. The van der Waals surface area contributed by atoms with Gasteiger partial charge in [0.05, 0.1) is 30.5 Å². The number of benzene rings is 2. The summed E-state index contributed by atoms with van der Waals surface area (Å²) in [5, 5.41) is 12.9. The molecule has 3 rings (SSSR count). The van der Waals surface area contributed by atoms with E-state index in [4.69, 9.17) is 9.47 Å². The molecule has 0 aliphatic carbocycles. The van der Waals surface area contributed by atoms with Gasteiger partial charge in [-0.2, -0.15) is 4.74 Å². The van der Waals surface area contributed by atoms with Gasteiger partial charge in [-0.25, -0.2) is 4.79 Å². The van der Waals surface area contributed by atoms with Gasteiger partial charge in [0.1, 0.15) is 5.75 Å². The number of hydroxylamine groups is 1. The van der Waals surface area contributed by atoms with Crippen molar-refractivity contribution in [1.82, 2.24) is 0 Å². The molecule has 0 fully saturated rings. The first-order valence-electron chi connectivity index (χ1n) is 10.1. The minimum Gasteiger partial charge on any atom is -0.618 e. The number of para-hydroxylation sites is 1. The van der Waals surface area contributed by atoms with Crippen molar-refractivity contribution in [3.63, 3.8) is 0 Å². The van der Waals surface area contributed by atoms with E-state index in [2.05, 4.69) is 6.58 Å². The monoisotopic (exact) mass is 432 g/mol. The van der Waals surface area contributed by atoms with Gasteiger partial charge in [-0.3, -0.25) is 9.69 Å². The Kier molecular flexibility index (Phi) is 7.23. The zero-order valence-corrected chi connectivity index (χ0v) is 18.0. The summed E-state index contributed by atoms with van der Waals surface area (Å²) in [6.07, 6.45) is 5.66. The lowest BCUT2D eigenvalue weighted by Gasteiger charge is -2.12. The van der Waals surface area contributed by atoms with E-state index in [-0.39, 0.29) is 24.4 Å². The molecule has 164 valence electrons. The van der Waals surface area contributed by atoms with E-state index >= 15 is 0 Å². The Balaban J connectivity index is 2.01. The number of anilines is 1. The lowest BCUT2D eigenvalue weighted by molar-refractivity contribution is -0.376. The maximum atomic E-state index is 12.9. The Labute approximate surface area is 186 Å². The van der Waals surface area contributed by atoms with Gasteiger partial charge in [0.2, 0.25) is 0 Å². The number of hydrogen-bond donors (Lipinski definition) is 0. The maximum Gasteiger partial charge on any atom is 0.338 e. The summed E-state index contributed by atoms with van der Waals surface area (Å²) in [6, 6.07) is 14.2. The van der Waals surface area contributed by atoms with Crippen molar-refractivity contribution >= 4 is 29.4 Å². The van der Waals surface area contributed by atoms with Crippen LogP contribution >= 0.6 is 0 Å². The van der Waals surface area contributed by atoms with Gasteiger partial charge in [-0.1, -0.05) is 30.3 Å². The van der Waals surface area contributed by atoms with Crippen molar-refractivity contribution in [2.45, 2.75) is 6.92 Å². The third-order valence-corrected chi connectivity index (χ3v) is 4.75. The number of methoxy groups -OCH3 is 1. The first kappa shape index (κ1) is 22.6. The highest BCUT2D eigenvalue weighted by molar-refractivity contribution is 6.52. The second-order valence-electron chi connectivity index (χ2n) is 6.81. The van der Waals surface area contributed by atoms with Crippen LogP contribution in [0, 0.1) is 5.21 Å². The molecule has 7 heteroatoms. The van der Waals surface area contributed by atoms with Crippen LogP contribution in [0.1, 0.15) is 18.1 Å². The summed E-state index contributed by atoms with van der Waals surface area (Å²) in [7, 11) is 1.55. The van der Waals surface area contributed by atoms with Gasteiger partial charge in [0.15, 0.2) is 6.20 Å². The molecule has 0 radical (unpaired) electrons. The second kappa shape index (κ2) is 10.3. The van der Waals surface area contributed by atoms with Crippen molar-refractivity contribution < 1.29 is 23.8 Å². The molecule has 2 aromatic rings. The quantitative estimate of drug-likeness (QED) is 0.121. The molecule has 0 N–H and O–H groups in total. The van der Waals surface area contributed by atoms with Gasteiger partial charge in [-0.15, -0.1) is 6.58 Å². The highest BCUT2D eigenvalue weighted by Gasteiger charge is 2.38. The van der Waals surface area contributed by atoms with Crippen molar-refractivity contribution in [2.24, 2.45) is 0 Å². The number of hydrogen-bond acceptors (Lipinski definition) is 5. The number of fused-ring (bicyclic) bond motifs is 1. The Morgan fingerprint density at radius 3 is 2.72 bits per heavy atom. The Hall–Kier alpha value is -4.13. The molecule has 0 atom stereocenters. The third kappa shape index (κ3) is 4.78. The second-order valence-corrected chi connectivity index (χ2v) is 6.81. The first-order valence-corrected chi connectivity index (χ1v) is 10.1. The summed E-state index contributed by atoms with van der Waals surface area (Å²) in [6.45, 7) is 5.83. The molecular weight excluding hydrogens is 408 g/mol. The molecular formula is C25H24N2O5. The number of carbonyl (C=O) groups excluding carboxylic acids is 2. The molecule has 0 bridgehead atoms. The van der Waals surface area contributed by atoms with Crippen LogP contribution in [-0.4, -0.2) is 42.6 Å². The maximum absolute atomic E-state index is 12.9. The minimum atomic E-state index is -0.587. The van der Waals surface area contributed by atoms with E-state index in [1.807, 2.05) is 0 Å². The zero-order chi connectivity index (χ0) is 23.1. The topological polar surface area (TPSA) is 81.9 Å². The largest absolute Gasteiger partial charge is 0.618 e. The SMILES string of the molecule is C=CCN1C(=O)\C(=[N+]([O-])/C=C/C(=C\c2cccc(OC)c2)C(=O)OCC)c2ccccc21. The molecule has 1 heterocycles. The van der Waals surface area contributed by atoms with Crippen LogP contribution in [0.2, 0.25) is 0 Å². The smallest absolute Gasteiger partial charge is 0.338 e. The van der Waals surface area contributed by atoms with Gasteiger partial charge in [0.25, 0.3) is 5.71 Å². The van der Waals surface area contributed by atoms with Gasteiger partial charge in [0, 0.05) is 12.6 Å². The Morgan fingerprint density at radius 1 is 1.22 bits per heavy atom. The van der Waals surface area contributed by atoms with Crippen LogP contribution in [0.5, 0.6) is 5.75 Å². The molecule has 1 aliphatic heterocycles. The lowest BCUT2D eigenvalue weighted by atomic mass is 10.1. The van der Waals surface area contributed by atoms with Crippen LogP contribution in [0.4, 0.5) is 5.69 Å². The average molecular weight is 432 g/mol. The molecule has 7 nitrogen and oxygen atoms in total. The minimum absolute atomic E-state index is 0.0247. The molecule has 0 saturated heterocycles. The molecule has 2 aromatic carbocycles. The van der Waals surface area contributed by atoms with E-state index in [0.29, 0.717) is 27.3 Å². The zero-order valence-electron chi connectivity index (χ0n) is 18.0. The average Bonchev–Trinajstić information content (AvgIpc) is 3.08. The highest BCUT2D eigenvalue weighted by atomic mass is 16.5. The number of ether oxygens (including phenoxy) is 2.